The molecule has 0 unspecified atom stereocenters. The van der Waals surface area contributed by atoms with E-state index in [0.717, 1.165) is 26.2 Å². The summed E-state index contributed by atoms with van der Waals surface area (Å²) in [5, 5.41) is 12.4. The monoisotopic (exact) mass is 532 g/mol. The maximum Gasteiger partial charge on any atom is 0.234 e. The fourth-order valence-corrected chi connectivity index (χ4v) is 4.31. The summed E-state index contributed by atoms with van der Waals surface area (Å²) in [5.41, 5.74) is 4.18. The lowest BCUT2D eigenvalue weighted by molar-refractivity contribution is -0.113. The summed E-state index contributed by atoms with van der Waals surface area (Å²) >= 11 is 3.67. The van der Waals surface area contributed by atoms with Gasteiger partial charge in [-0.05, 0) is 59.2 Å². The molecule has 0 saturated carbocycles. The Bertz CT molecular complexity index is 1040. The van der Waals surface area contributed by atoms with E-state index in [1.807, 2.05) is 34.9 Å². The SMILES string of the molecule is C=CCn1c(SCC(=O)Nc2ccc(I)cc2C(C)C)nnc1-c1ccc(C)cc1. The molecule has 1 amide bonds. The quantitative estimate of drug-likeness (QED) is 0.223. The number of carbonyl (C=O) groups excluding carboxylic acids is 1. The van der Waals surface area contributed by atoms with Crippen molar-refractivity contribution < 1.29 is 4.79 Å². The zero-order valence-electron chi connectivity index (χ0n) is 17.4. The van der Waals surface area contributed by atoms with Crippen molar-refractivity contribution in [2.75, 3.05) is 11.1 Å². The summed E-state index contributed by atoms with van der Waals surface area (Å²) in [7, 11) is 0. The van der Waals surface area contributed by atoms with Crippen molar-refractivity contribution in [2.24, 2.45) is 0 Å². The van der Waals surface area contributed by atoms with Crippen molar-refractivity contribution in [3.63, 3.8) is 0 Å². The van der Waals surface area contributed by atoms with Crippen LogP contribution in [0, 0.1) is 10.5 Å². The minimum atomic E-state index is -0.0619. The Hall–Kier alpha value is -2.13. The second kappa shape index (κ2) is 10.3. The molecule has 156 valence electrons. The number of amides is 1. The molecule has 0 saturated heterocycles. The van der Waals surface area contributed by atoms with Crippen molar-refractivity contribution >= 4 is 45.9 Å². The molecule has 7 heteroatoms. The number of nitrogens with zero attached hydrogens (tertiary/aromatic N) is 3. The van der Waals surface area contributed by atoms with Gasteiger partial charge in [0.2, 0.25) is 5.91 Å². The maximum atomic E-state index is 12.6. The molecule has 3 rings (SSSR count). The Morgan fingerprint density at radius 2 is 1.97 bits per heavy atom. The van der Waals surface area contributed by atoms with E-state index in [1.165, 1.54) is 17.3 Å². The van der Waals surface area contributed by atoms with E-state index in [1.54, 1.807) is 0 Å². The average Bonchev–Trinajstić information content (AvgIpc) is 3.11. The van der Waals surface area contributed by atoms with E-state index in [-0.39, 0.29) is 11.7 Å². The summed E-state index contributed by atoms with van der Waals surface area (Å²) in [4.78, 5) is 12.6. The highest BCUT2D eigenvalue weighted by molar-refractivity contribution is 14.1. The van der Waals surface area contributed by atoms with E-state index in [0.29, 0.717) is 17.6 Å². The van der Waals surface area contributed by atoms with Crippen LogP contribution in [0.3, 0.4) is 0 Å². The van der Waals surface area contributed by atoms with Crippen molar-refractivity contribution in [3.8, 4) is 11.4 Å². The third kappa shape index (κ3) is 5.51. The smallest absolute Gasteiger partial charge is 0.234 e. The number of aromatic nitrogens is 3. The number of allylic oxidation sites excluding steroid dienone is 1. The lowest BCUT2D eigenvalue weighted by atomic mass is 10.0. The third-order valence-corrected chi connectivity index (χ3v) is 6.22. The normalized spacial score (nSPS) is 11.0. The van der Waals surface area contributed by atoms with Gasteiger partial charge in [-0.1, -0.05) is 61.5 Å². The first-order chi connectivity index (χ1) is 14.4. The third-order valence-electron chi connectivity index (χ3n) is 4.58. The van der Waals surface area contributed by atoms with E-state index < -0.39 is 0 Å². The first-order valence-electron chi connectivity index (χ1n) is 9.72. The van der Waals surface area contributed by atoms with Gasteiger partial charge in [0.1, 0.15) is 0 Å². The molecule has 0 aliphatic heterocycles. The molecule has 1 N–H and O–H groups in total. The summed E-state index contributed by atoms with van der Waals surface area (Å²) in [6.07, 6.45) is 1.81. The zero-order chi connectivity index (χ0) is 21.7. The minimum Gasteiger partial charge on any atom is -0.325 e. The number of aryl methyl sites for hydroxylation is 1. The largest absolute Gasteiger partial charge is 0.325 e. The van der Waals surface area contributed by atoms with Gasteiger partial charge in [-0.15, -0.1) is 16.8 Å². The molecule has 0 fully saturated rings. The van der Waals surface area contributed by atoms with Crippen LogP contribution in [0.5, 0.6) is 0 Å². The highest BCUT2D eigenvalue weighted by Crippen LogP contribution is 2.28. The van der Waals surface area contributed by atoms with Gasteiger partial charge >= 0.3 is 0 Å². The molecule has 0 bridgehead atoms. The van der Waals surface area contributed by atoms with E-state index >= 15 is 0 Å². The number of benzene rings is 2. The second-order valence-electron chi connectivity index (χ2n) is 7.29. The molecule has 1 aromatic heterocycles. The predicted molar refractivity (Wildman–Crippen MR) is 133 cm³/mol. The number of anilines is 1. The molecule has 0 radical (unpaired) electrons. The topological polar surface area (TPSA) is 59.8 Å². The van der Waals surface area contributed by atoms with Gasteiger partial charge < -0.3 is 5.32 Å². The average molecular weight is 532 g/mol. The predicted octanol–water partition coefficient (Wildman–Crippen LogP) is 5.90. The molecular weight excluding hydrogens is 507 g/mol. The van der Waals surface area contributed by atoms with Gasteiger partial charge in [0.25, 0.3) is 0 Å². The maximum absolute atomic E-state index is 12.6. The standard InChI is InChI=1S/C23H25IN4OS/c1-5-12-28-22(17-8-6-16(4)7-9-17)26-27-23(28)30-14-21(29)25-20-11-10-18(24)13-19(20)15(2)3/h5-11,13,15H,1,12,14H2,2-4H3,(H,25,29). The van der Waals surface area contributed by atoms with Gasteiger partial charge in [0, 0.05) is 21.4 Å². The highest BCUT2D eigenvalue weighted by atomic mass is 127. The Balaban J connectivity index is 1.73. The number of rotatable bonds is 8. The first-order valence-corrected chi connectivity index (χ1v) is 11.8. The Morgan fingerprint density at radius 3 is 2.63 bits per heavy atom. The Kier molecular flexibility index (Phi) is 7.71. The Labute approximate surface area is 195 Å². The first kappa shape index (κ1) is 22.6. The number of carbonyl (C=O) groups is 1. The second-order valence-corrected chi connectivity index (χ2v) is 9.48. The lowest BCUT2D eigenvalue weighted by Gasteiger charge is -2.14. The van der Waals surface area contributed by atoms with Crippen LogP contribution in [0.1, 0.15) is 30.9 Å². The van der Waals surface area contributed by atoms with Crippen LogP contribution in [-0.2, 0) is 11.3 Å². The minimum absolute atomic E-state index is 0.0619. The fraction of sp³-hybridized carbons (Fsp3) is 0.261. The summed E-state index contributed by atoms with van der Waals surface area (Å²) in [6, 6.07) is 14.3. The molecule has 0 aliphatic carbocycles. The highest BCUT2D eigenvalue weighted by Gasteiger charge is 2.16. The molecule has 0 atom stereocenters. The van der Waals surface area contributed by atoms with E-state index in [4.69, 9.17) is 0 Å². The number of hydrogen-bond donors (Lipinski definition) is 1. The molecule has 0 aliphatic rings. The van der Waals surface area contributed by atoms with Crippen LogP contribution in [-0.4, -0.2) is 26.4 Å². The number of thioether (sulfide) groups is 1. The summed E-state index contributed by atoms with van der Waals surface area (Å²) < 4.78 is 3.14. The van der Waals surface area contributed by atoms with Crippen LogP contribution >= 0.6 is 34.4 Å². The fourth-order valence-electron chi connectivity index (χ4n) is 3.05. The molecule has 3 aromatic rings. The van der Waals surface area contributed by atoms with Crippen LogP contribution < -0.4 is 5.32 Å². The number of halogens is 1. The van der Waals surface area contributed by atoms with Crippen LogP contribution in [0.25, 0.3) is 11.4 Å². The van der Waals surface area contributed by atoms with Gasteiger partial charge in [0.15, 0.2) is 11.0 Å². The molecular formula is C23H25IN4OS. The van der Waals surface area contributed by atoms with Crippen molar-refractivity contribution in [2.45, 2.75) is 38.4 Å². The van der Waals surface area contributed by atoms with E-state index in [9.17, 15) is 4.79 Å². The van der Waals surface area contributed by atoms with Gasteiger partial charge in [-0.3, -0.25) is 9.36 Å². The number of nitrogens with one attached hydrogen (secondary N) is 1. The van der Waals surface area contributed by atoms with Crippen LogP contribution in [0.2, 0.25) is 0 Å². The Morgan fingerprint density at radius 1 is 1.23 bits per heavy atom. The van der Waals surface area contributed by atoms with Gasteiger partial charge in [-0.25, -0.2) is 0 Å². The van der Waals surface area contributed by atoms with E-state index in [2.05, 4.69) is 83.7 Å². The van der Waals surface area contributed by atoms with Crippen molar-refractivity contribution in [1.29, 1.82) is 0 Å². The van der Waals surface area contributed by atoms with Gasteiger partial charge in [-0.2, -0.15) is 0 Å². The zero-order valence-corrected chi connectivity index (χ0v) is 20.3. The molecule has 2 aromatic carbocycles. The van der Waals surface area contributed by atoms with Gasteiger partial charge in [0.05, 0.1) is 5.75 Å². The molecule has 0 spiro atoms. The molecule has 1 heterocycles. The van der Waals surface area contributed by atoms with Crippen LogP contribution in [0.4, 0.5) is 5.69 Å². The number of hydrogen-bond acceptors (Lipinski definition) is 4. The lowest BCUT2D eigenvalue weighted by Crippen LogP contribution is -2.16. The molecule has 5 nitrogen and oxygen atoms in total. The van der Waals surface area contributed by atoms with Crippen molar-refractivity contribution in [3.05, 3.63) is 69.8 Å². The summed E-state index contributed by atoms with van der Waals surface area (Å²) in [6.45, 7) is 10.7. The summed E-state index contributed by atoms with van der Waals surface area (Å²) in [5.74, 6) is 1.30. The van der Waals surface area contributed by atoms with Crippen molar-refractivity contribution in [1.82, 2.24) is 14.8 Å². The van der Waals surface area contributed by atoms with Crippen LogP contribution in [0.15, 0.2) is 60.3 Å². The molecule has 30 heavy (non-hydrogen) atoms.